The normalized spacial score (nSPS) is 14.0. The number of methoxy groups -OCH3 is 2. The summed E-state index contributed by atoms with van der Waals surface area (Å²) in [5.74, 6) is 1.37. The van der Waals surface area contributed by atoms with E-state index in [1.165, 1.54) is 0 Å². The molecule has 2 N–H and O–H groups in total. The van der Waals surface area contributed by atoms with E-state index >= 15 is 0 Å². The number of nitriles is 1. The van der Waals surface area contributed by atoms with Crippen molar-refractivity contribution < 1.29 is 14.3 Å². The van der Waals surface area contributed by atoms with Gasteiger partial charge in [-0.1, -0.05) is 18.2 Å². The Hall–Kier alpha value is -3.20. The largest absolute Gasteiger partial charge is 0.493 e. The molecule has 1 aliphatic carbocycles. The van der Waals surface area contributed by atoms with Gasteiger partial charge in [-0.15, -0.1) is 0 Å². The summed E-state index contributed by atoms with van der Waals surface area (Å²) in [5, 5.41) is 14.8. The fraction of sp³-hybridized carbons (Fsp3) is 0.300. The fourth-order valence-corrected chi connectivity index (χ4v) is 2.99. The molecule has 1 aliphatic rings. The van der Waals surface area contributed by atoms with Crippen molar-refractivity contribution in [1.29, 1.82) is 5.26 Å². The average molecular weight is 351 g/mol. The van der Waals surface area contributed by atoms with Gasteiger partial charge < -0.3 is 20.1 Å². The van der Waals surface area contributed by atoms with Crippen LogP contribution >= 0.6 is 0 Å². The molecule has 2 aromatic rings. The quantitative estimate of drug-likeness (QED) is 0.835. The summed E-state index contributed by atoms with van der Waals surface area (Å²) < 4.78 is 10.7. The second-order valence-electron chi connectivity index (χ2n) is 6.32. The van der Waals surface area contributed by atoms with Gasteiger partial charge in [-0.2, -0.15) is 5.26 Å². The Kier molecular flexibility index (Phi) is 4.99. The highest BCUT2D eigenvalue weighted by Gasteiger charge is 2.44. The van der Waals surface area contributed by atoms with Crippen molar-refractivity contribution in [3.63, 3.8) is 0 Å². The van der Waals surface area contributed by atoms with Crippen molar-refractivity contribution >= 4 is 11.7 Å². The molecule has 1 fully saturated rings. The van der Waals surface area contributed by atoms with E-state index in [0.717, 1.165) is 18.4 Å². The van der Waals surface area contributed by atoms with Crippen LogP contribution in [0.2, 0.25) is 0 Å². The van der Waals surface area contributed by atoms with E-state index in [2.05, 4.69) is 16.7 Å². The first-order valence-electron chi connectivity index (χ1n) is 8.38. The van der Waals surface area contributed by atoms with E-state index in [9.17, 15) is 4.79 Å². The second-order valence-corrected chi connectivity index (χ2v) is 6.32. The molecule has 1 saturated carbocycles. The van der Waals surface area contributed by atoms with Crippen molar-refractivity contribution in [2.45, 2.75) is 18.3 Å². The molecule has 6 nitrogen and oxygen atoms in total. The summed E-state index contributed by atoms with van der Waals surface area (Å²) in [6.07, 6.45) is 2.00. The zero-order valence-electron chi connectivity index (χ0n) is 14.8. The van der Waals surface area contributed by atoms with Gasteiger partial charge >= 0.3 is 6.03 Å². The monoisotopic (exact) mass is 351 g/mol. The zero-order valence-corrected chi connectivity index (χ0v) is 14.8. The van der Waals surface area contributed by atoms with Gasteiger partial charge in [0.05, 0.1) is 25.5 Å². The second kappa shape index (κ2) is 7.36. The summed E-state index contributed by atoms with van der Waals surface area (Å²) in [5.41, 5.74) is 1.98. The third kappa shape index (κ3) is 3.57. The van der Waals surface area contributed by atoms with Crippen LogP contribution in [0.1, 0.15) is 24.0 Å². The van der Waals surface area contributed by atoms with Gasteiger partial charge in [0, 0.05) is 12.0 Å². The summed E-state index contributed by atoms with van der Waals surface area (Å²) >= 11 is 0. The van der Waals surface area contributed by atoms with E-state index in [-0.39, 0.29) is 11.4 Å². The van der Waals surface area contributed by atoms with Gasteiger partial charge in [-0.05, 0) is 42.7 Å². The maximum Gasteiger partial charge on any atom is 0.319 e. The number of ether oxygens (including phenoxy) is 2. The van der Waals surface area contributed by atoms with E-state index in [4.69, 9.17) is 14.7 Å². The van der Waals surface area contributed by atoms with Crippen molar-refractivity contribution in [2.24, 2.45) is 0 Å². The molecule has 6 heteroatoms. The van der Waals surface area contributed by atoms with Crippen LogP contribution in [0, 0.1) is 11.3 Å². The number of urea groups is 1. The summed E-state index contributed by atoms with van der Waals surface area (Å²) in [4.78, 5) is 12.2. The lowest BCUT2D eigenvalue weighted by Crippen LogP contribution is -2.35. The molecule has 0 heterocycles. The maximum absolute atomic E-state index is 12.2. The van der Waals surface area contributed by atoms with Crippen molar-refractivity contribution in [3.05, 3.63) is 53.6 Å². The number of amides is 2. The van der Waals surface area contributed by atoms with Gasteiger partial charge in [0.25, 0.3) is 0 Å². The van der Waals surface area contributed by atoms with Crippen LogP contribution in [0.5, 0.6) is 11.5 Å². The number of nitrogens with one attached hydrogen (secondary N) is 2. The van der Waals surface area contributed by atoms with E-state index in [1.54, 1.807) is 38.5 Å². The Morgan fingerprint density at radius 2 is 1.88 bits per heavy atom. The highest BCUT2D eigenvalue weighted by Crippen LogP contribution is 2.49. The third-order valence-corrected chi connectivity index (χ3v) is 4.73. The number of rotatable bonds is 6. The van der Waals surface area contributed by atoms with Crippen molar-refractivity contribution in [2.75, 3.05) is 26.1 Å². The lowest BCUT2D eigenvalue weighted by Gasteiger charge is -2.19. The molecular weight excluding hydrogens is 330 g/mol. The standard InChI is InChI=1S/C20H21N3O3/c1-25-17-8-7-15(11-18(17)26-2)20(9-10-20)13-22-19(24)23-16-6-4-3-5-14(16)12-21/h3-8,11H,9-10,13H2,1-2H3,(H2,22,23,24). The number of para-hydroxylation sites is 1. The van der Waals surface area contributed by atoms with Crippen molar-refractivity contribution in [1.82, 2.24) is 5.32 Å². The van der Waals surface area contributed by atoms with Crippen molar-refractivity contribution in [3.8, 4) is 17.6 Å². The summed E-state index contributed by atoms with van der Waals surface area (Å²) in [6.45, 7) is 0.517. The number of benzene rings is 2. The highest BCUT2D eigenvalue weighted by molar-refractivity contribution is 5.90. The minimum atomic E-state index is -0.320. The molecule has 0 aliphatic heterocycles. The van der Waals surface area contributed by atoms with Crippen LogP contribution in [0.4, 0.5) is 10.5 Å². The molecule has 0 aromatic heterocycles. The lowest BCUT2D eigenvalue weighted by molar-refractivity contribution is 0.251. The first kappa shape index (κ1) is 17.6. The Morgan fingerprint density at radius 1 is 1.15 bits per heavy atom. The van der Waals surface area contributed by atoms with E-state index in [1.807, 2.05) is 18.2 Å². The maximum atomic E-state index is 12.2. The molecule has 26 heavy (non-hydrogen) atoms. The lowest BCUT2D eigenvalue weighted by atomic mass is 9.95. The van der Waals surface area contributed by atoms with Crippen LogP contribution in [0.3, 0.4) is 0 Å². The van der Waals surface area contributed by atoms with Gasteiger partial charge in [0.2, 0.25) is 0 Å². The summed E-state index contributed by atoms with van der Waals surface area (Å²) in [7, 11) is 3.22. The average Bonchev–Trinajstić information content (AvgIpc) is 3.47. The van der Waals surface area contributed by atoms with Crippen LogP contribution < -0.4 is 20.1 Å². The van der Waals surface area contributed by atoms with Gasteiger partial charge in [-0.25, -0.2) is 4.79 Å². The van der Waals surface area contributed by atoms with Gasteiger partial charge in [-0.3, -0.25) is 0 Å². The molecule has 0 saturated heterocycles. The Balaban J connectivity index is 1.66. The molecule has 2 amide bonds. The zero-order chi connectivity index (χ0) is 18.6. The Morgan fingerprint density at radius 3 is 2.54 bits per heavy atom. The highest BCUT2D eigenvalue weighted by atomic mass is 16.5. The smallest absolute Gasteiger partial charge is 0.319 e. The number of carbonyl (C=O) groups is 1. The van der Waals surface area contributed by atoms with Crippen LogP contribution in [0.25, 0.3) is 0 Å². The molecule has 0 atom stereocenters. The predicted octanol–water partition coefficient (Wildman–Crippen LogP) is 3.43. The number of anilines is 1. The summed E-state index contributed by atoms with van der Waals surface area (Å²) in [6, 6.07) is 14.5. The molecule has 0 bridgehead atoms. The SMILES string of the molecule is COc1ccc(C2(CNC(=O)Nc3ccccc3C#N)CC2)cc1OC. The topological polar surface area (TPSA) is 83.4 Å². The molecule has 2 aromatic carbocycles. The van der Waals surface area contributed by atoms with E-state index in [0.29, 0.717) is 29.3 Å². The molecule has 3 rings (SSSR count). The number of hydrogen-bond donors (Lipinski definition) is 2. The molecule has 134 valence electrons. The van der Waals surface area contributed by atoms with E-state index < -0.39 is 0 Å². The predicted molar refractivity (Wildman–Crippen MR) is 98.6 cm³/mol. The van der Waals surface area contributed by atoms with Gasteiger partial charge in [0.1, 0.15) is 6.07 Å². The Labute approximate surface area is 152 Å². The minimum absolute atomic E-state index is 0.0777. The first-order valence-corrected chi connectivity index (χ1v) is 8.38. The number of hydrogen-bond acceptors (Lipinski definition) is 4. The van der Waals surface area contributed by atoms with Gasteiger partial charge in [0.15, 0.2) is 11.5 Å². The molecular formula is C20H21N3O3. The fourth-order valence-electron chi connectivity index (χ4n) is 2.99. The van der Waals surface area contributed by atoms with Crippen LogP contribution in [0.15, 0.2) is 42.5 Å². The Bertz CT molecular complexity index is 854. The number of carbonyl (C=O) groups excluding carboxylic acids is 1. The third-order valence-electron chi connectivity index (χ3n) is 4.73. The van der Waals surface area contributed by atoms with Crippen LogP contribution in [-0.4, -0.2) is 26.8 Å². The first-order chi connectivity index (χ1) is 12.6. The molecule has 0 unspecified atom stereocenters. The number of nitrogens with zero attached hydrogens (tertiary/aromatic N) is 1. The molecule has 0 radical (unpaired) electrons. The minimum Gasteiger partial charge on any atom is -0.493 e. The molecule has 0 spiro atoms. The van der Waals surface area contributed by atoms with Crippen LogP contribution in [-0.2, 0) is 5.41 Å².